The molecule has 0 radical (unpaired) electrons. The van der Waals surface area contributed by atoms with Crippen molar-refractivity contribution < 1.29 is 8.85 Å². The van der Waals surface area contributed by atoms with Gasteiger partial charge in [-0.2, -0.15) is 0 Å². The van der Waals surface area contributed by atoms with Crippen LogP contribution in [0.15, 0.2) is 58.3 Å². The second-order valence-corrected chi connectivity index (χ2v) is 29.0. The molecule has 0 unspecified atom stereocenters. The fourth-order valence-electron chi connectivity index (χ4n) is 4.37. The van der Waals surface area contributed by atoms with Crippen molar-refractivity contribution in [2.45, 2.75) is 91.7 Å². The molecule has 4 rings (SSSR count). The summed E-state index contributed by atoms with van der Waals surface area (Å²) in [5.74, 6) is 6.63. The van der Waals surface area contributed by atoms with E-state index in [9.17, 15) is 0 Å². The van der Waals surface area contributed by atoms with Crippen LogP contribution >= 0.6 is 47.0 Å². The zero-order valence-electron chi connectivity index (χ0n) is 28.4. The van der Waals surface area contributed by atoms with Crippen molar-refractivity contribution in [3.8, 4) is 11.5 Å². The lowest BCUT2D eigenvalue weighted by Gasteiger charge is -2.36. The lowest BCUT2D eigenvalue weighted by atomic mass is 9.99. The van der Waals surface area contributed by atoms with E-state index in [4.69, 9.17) is 8.85 Å². The Morgan fingerprint density at radius 1 is 0.535 bits per heavy atom. The monoisotopic (exact) mass is 688 g/mol. The largest absolute Gasteiger partial charge is 0.544 e. The van der Waals surface area contributed by atoms with Crippen molar-refractivity contribution in [3.05, 3.63) is 69.5 Å². The van der Waals surface area contributed by atoms with Crippen LogP contribution in [0.4, 0.5) is 0 Å². The van der Waals surface area contributed by atoms with E-state index in [0.29, 0.717) is 0 Å². The highest BCUT2D eigenvalue weighted by molar-refractivity contribution is 8.13. The Kier molecular flexibility index (Phi) is 10.8. The number of hydrogen-bond acceptors (Lipinski definition) is 6. The van der Waals surface area contributed by atoms with E-state index in [-0.39, 0.29) is 15.5 Å². The summed E-state index contributed by atoms with van der Waals surface area (Å²) in [6.45, 7) is 27.6. The third-order valence-corrected chi connectivity index (χ3v) is 24.4. The number of benzene rings is 2. The maximum absolute atomic E-state index is 6.56. The highest BCUT2D eigenvalue weighted by atomic mass is 32.2. The number of allylic oxidation sites excluding steroid dienone is 2. The second-order valence-electron chi connectivity index (χ2n) is 15.2. The molecule has 43 heavy (non-hydrogen) atoms. The van der Waals surface area contributed by atoms with Gasteiger partial charge in [0.05, 0.1) is 0 Å². The van der Waals surface area contributed by atoms with E-state index >= 15 is 0 Å². The van der Waals surface area contributed by atoms with Gasteiger partial charge in [0.25, 0.3) is 0 Å². The quantitative estimate of drug-likeness (QED) is 0.279. The third-order valence-electron chi connectivity index (χ3n) is 9.47. The van der Waals surface area contributed by atoms with Crippen LogP contribution in [0.25, 0.3) is 9.81 Å². The van der Waals surface area contributed by atoms with E-state index in [1.165, 1.54) is 42.3 Å². The summed E-state index contributed by atoms with van der Waals surface area (Å²) in [6.07, 6.45) is 0. The molecule has 0 bridgehead atoms. The molecule has 0 aliphatic carbocycles. The molecule has 0 saturated heterocycles. The van der Waals surface area contributed by atoms with Gasteiger partial charge in [-0.15, -0.1) is 47.0 Å². The third kappa shape index (κ3) is 8.39. The van der Waals surface area contributed by atoms with Crippen LogP contribution in [0.1, 0.15) is 66.5 Å². The Bertz CT molecular complexity index is 1240. The minimum atomic E-state index is -1.85. The van der Waals surface area contributed by atoms with Crippen molar-refractivity contribution in [1.29, 1.82) is 0 Å². The molecule has 0 saturated carbocycles. The summed E-state index contributed by atoms with van der Waals surface area (Å²) in [6, 6.07) is 17.8. The summed E-state index contributed by atoms with van der Waals surface area (Å²) >= 11 is 8.23. The standard InChI is InChI=1S/C35H52O2S4Si2/c1-25-31(27-13-17-29(18-14-27)36-42(9,10)33(3,4)5)40-23-35(21-38-25)22-39-26(2)32(41-24-35)28-15-19-30(20-16-28)37-43(11,12)34(6,7)8/h13-20H,21-24H2,1-12H3. The van der Waals surface area contributed by atoms with Crippen LogP contribution < -0.4 is 8.85 Å². The predicted molar refractivity (Wildman–Crippen MR) is 206 cm³/mol. The van der Waals surface area contributed by atoms with Gasteiger partial charge in [0.2, 0.25) is 16.6 Å². The zero-order chi connectivity index (χ0) is 31.8. The lowest BCUT2D eigenvalue weighted by Crippen LogP contribution is -2.43. The van der Waals surface area contributed by atoms with Gasteiger partial charge in [0, 0.05) is 38.2 Å². The molecule has 1 spiro atoms. The van der Waals surface area contributed by atoms with E-state index in [2.05, 4.69) is 177 Å². The summed E-state index contributed by atoms with van der Waals surface area (Å²) < 4.78 is 13.1. The van der Waals surface area contributed by atoms with Gasteiger partial charge in [0.15, 0.2) is 0 Å². The molecule has 8 heteroatoms. The molecular weight excluding hydrogens is 637 g/mol. The average Bonchev–Trinajstić information content (AvgIpc) is 3.17. The molecule has 2 aromatic carbocycles. The Morgan fingerprint density at radius 3 is 1.14 bits per heavy atom. The number of thioether (sulfide) groups is 4. The molecule has 0 fully saturated rings. The van der Waals surface area contributed by atoms with Crippen molar-refractivity contribution in [3.63, 3.8) is 0 Å². The Labute approximate surface area is 281 Å². The summed E-state index contributed by atoms with van der Waals surface area (Å²) in [5, 5.41) is 0.383. The molecule has 2 aromatic rings. The van der Waals surface area contributed by atoms with Gasteiger partial charge in [-0.05, 0) is 95.3 Å². The Morgan fingerprint density at radius 2 is 0.837 bits per heavy atom. The van der Waals surface area contributed by atoms with Gasteiger partial charge in [-0.3, -0.25) is 0 Å². The molecule has 0 amide bonds. The molecular formula is C35H52O2S4Si2. The predicted octanol–water partition coefficient (Wildman–Crippen LogP) is 12.5. The van der Waals surface area contributed by atoms with Crippen molar-refractivity contribution in [2.24, 2.45) is 5.41 Å². The van der Waals surface area contributed by atoms with E-state index in [0.717, 1.165) is 23.0 Å². The number of rotatable bonds is 6. The van der Waals surface area contributed by atoms with Crippen LogP contribution in [-0.2, 0) is 0 Å². The van der Waals surface area contributed by atoms with Crippen LogP contribution in [0.5, 0.6) is 11.5 Å². The minimum Gasteiger partial charge on any atom is -0.544 e. The fourth-order valence-corrected chi connectivity index (χ4v) is 12.6. The molecule has 0 N–H and O–H groups in total. The maximum Gasteiger partial charge on any atom is 0.250 e. The first-order valence-corrected chi connectivity index (χ1v) is 25.1. The normalized spacial score (nSPS) is 18.9. The molecule has 2 heterocycles. The summed E-state index contributed by atoms with van der Waals surface area (Å²) in [4.78, 5) is 5.76. The molecule has 0 atom stereocenters. The molecule has 2 aliphatic rings. The smallest absolute Gasteiger partial charge is 0.250 e. The fraction of sp³-hybridized carbons (Fsp3) is 0.543. The van der Waals surface area contributed by atoms with Gasteiger partial charge in [-0.25, -0.2) is 0 Å². The second kappa shape index (κ2) is 13.2. The Hall–Kier alpha value is -0.646. The molecule has 2 aliphatic heterocycles. The van der Waals surface area contributed by atoms with Gasteiger partial charge >= 0.3 is 0 Å². The van der Waals surface area contributed by atoms with Crippen LogP contribution in [0, 0.1) is 5.41 Å². The first-order chi connectivity index (χ1) is 19.8. The van der Waals surface area contributed by atoms with Gasteiger partial charge in [0.1, 0.15) is 11.5 Å². The van der Waals surface area contributed by atoms with E-state index in [1.807, 2.05) is 0 Å². The van der Waals surface area contributed by atoms with Crippen LogP contribution in [0.2, 0.25) is 36.3 Å². The lowest BCUT2D eigenvalue weighted by molar-refractivity contribution is 0.492. The Balaban J connectivity index is 1.42. The number of hydrogen-bond donors (Lipinski definition) is 0. The summed E-state index contributed by atoms with van der Waals surface area (Å²) in [5.41, 5.74) is 2.92. The molecule has 0 aromatic heterocycles. The highest BCUT2D eigenvalue weighted by Crippen LogP contribution is 2.52. The van der Waals surface area contributed by atoms with Crippen molar-refractivity contribution in [1.82, 2.24) is 0 Å². The van der Waals surface area contributed by atoms with E-state index in [1.54, 1.807) is 0 Å². The topological polar surface area (TPSA) is 18.5 Å². The van der Waals surface area contributed by atoms with Gasteiger partial charge < -0.3 is 8.85 Å². The van der Waals surface area contributed by atoms with Crippen LogP contribution in [-0.4, -0.2) is 39.6 Å². The van der Waals surface area contributed by atoms with Gasteiger partial charge in [-0.1, -0.05) is 65.8 Å². The average molecular weight is 689 g/mol. The first kappa shape index (κ1) is 35.2. The maximum atomic E-state index is 6.56. The van der Waals surface area contributed by atoms with Crippen molar-refractivity contribution in [2.75, 3.05) is 23.0 Å². The SMILES string of the molecule is CC1=C(c2ccc(O[Si](C)(C)C(C)(C)C)cc2)SCC2(CS1)CSC(C)=C(c1ccc(O[Si](C)(C)C(C)(C)C)cc1)SC2. The van der Waals surface area contributed by atoms with E-state index < -0.39 is 16.6 Å². The highest BCUT2D eigenvalue weighted by Gasteiger charge is 2.40. The minimum absolute atomic E-state index is 0.192. The van der Waals surface area contributed by atoms with Crippen LogP contribution in [0.3, 0.4) is 0 Å². The summed E-state index contributed by atoms with van der Waals surface area (Å²) in [7, 11) is -3.69. The van der Waals surface area contributed by atoms with Crippen molar-refractivity contribution >= 4 is 73.5 Å². The first-order valence-electron chi connectivity index (χ1n) is 15.3. The zero-order valence-corrected chi connectivity index (χ0v) is 33.7. The molecule has 2 nitrogen and oxygen atoms in total. The molecule has 236 valence electrons.